The standard InChI is InChI=1S/C46H61N11O9S/c1-26(47)39(59)55-37(22-28-10-5-4-6-11-28)43(63)54-35(19-21-67-3)41(61)53-34(14-9-20-50-46(48)49)40(60)57-38(24-30-25-51-33-13-8-7-12-32(30)33)44(64)56-36(42(62)52-27(2)45(65)66)23-29-15-17-31(58)18-16-29/h4-8,10-13,15-18,25-27,34-38,51,58H,9,14,19-24,47H2,1-3H3,(H,52,62)(H,53,61)(H,54,63)(H,55,59)(H,56,64)(H,57,60)(H,65,66)(H4,48,49,50)/t26-,27-,34-,35-,36-,37-,38-/m0/s1. The number of nitrogens with two attached hydrogens (primary N) is 3. The van der Waals surface area contributed by atoms with Crippen molar-refractivity contribution in [2.75, 3.05) is 18.6 Å². The fourth-order valence-electron chi connectivity index (χ4n) is 6.91. The third kappa shape index (κ3) is 17.0. The Bertz CT molecular complexity index is 2340. The number of aliphatic carboxylic acids is 1. The van der Waals surface area contributed by atoms with Gasteiger partial charge in [-0.3, -0.25) is 38.6 Å². The third-order valence-corrected chi connectivity index (χ3v) is 11.3. The normalized spacial score (nSPS) is 14.1. The monoisotopic (exact) mass is 943 g/mol. The Labute approximate surface area is 392 Å². The van der Waals surface area contributed by atoms with Gasteiger partial charge in [-0.15, -0.1) is 0 Å². The topological polar surface area (TPSA) is 338 Å². The minimum absolute atomic E-state index is 0.0288. The summed E-state index contributed by atoms with van der Waals surface area (Å²) < 4.78 is 0. The molecule has 20 nitrogen and oxygen atoms in total. The molecule has 21 heteroatoms. The number of carbonyl (C=O) groups is 7. The van der Waals surface area contributed by atoms with Crippen molar-refractivity contribution < 1.29 is 43.8 Å². The number of hydrogen-bond acceptors (Lipinski definition) is 11. The summed E-state index contributed by atoms with van der Waals surface area (Å²) in [7, 11) is 0. The van der Waals surface area contributed by atoms with Crippen molar-refractivity contribution in [3.8, 4) is 5.75 Å². The van der Waals surface area contributed by atoms with E-state index in [0.717, 1.165) is 16.5 Å². The summed E-state index contributed by atoms with van der Waals surface area (Å²) in [6.07, 6.45) is 3.67. The molecule has 0 aliphatic heterocycles. The predicted molar refractivity (Wildman–Crippen MR) is 255 cm³/mol. The van der Waals surface area contributed by atoms with Gasteiger partial charge in [0.25, 0.3) is 0 Å². The lowest BCUT2D eigenvalue weighted by Crippen LogP contribution is -2.60. The number of hydrogen-bond donors (Lipinski definition) is 12. The number of nitrogens with one attached hydrogen (secondary N) is 7. The molecule has 4 aromatic rings. The Kier molecular flexibility index (Phi) is 20.5. The number of amides is 6. The van der Waals surface area contributed by atoms with Gasteiger partial charge in [-0.2, -0.15) is 11.8 Å². The molecule has 360 valence electrons. The molecule has 0 spiro atoms. The summed E-state index contributed by atoms with van der Waals surface area (Å²) in [6, 6.07) is 13.5. The van der Waals surface area contributed by atoms with Crippen LogP contribution in [0.25, 0.3) is 10.9 Å². The molecule has 3 aromatic carbocycles. The van der Waals surface area contributed by atoms with Gasteiger partial charge in [-0.25, -0.2) is 0 Å². The molecule has 0 unspecified atom stereocenters. The Morgan fingerprint density at radius 3 is 1.70 bits per heavy atom. The maximum Gasteiger partial charge on any atom is 0.325 e. The Morgan fingerprint density at radius 2 is 1.13 bits per heavy atom. The first-order valence-corrected chi connectivity index (χ1v) is 23.1. The van der Waals surface area contributed by atoms with Crippen molar-refractivity contribution in [1.29, 1.82) is 0 Å². The first-order chi connectivity index (χ1) is 31.9. The van der Waals surface area contributed by atoms with E-state index in [0.29, 0.717) is 16.9 Å². The van der Waals surface area contributed by atoms with Crippen LogP contribution in [0.15, 0.2) is 90.1 Å². The Hall–Kier alpha value is -7.13. The molecule has 1 heterocycles. The van der Waals surface area contributed by atoms with Gasteiger partial charge in [0.2, 0.25) is 35.4 Å². The highest BCUT2D eigenvalue weighted by atomic mass is 32.2. The first-order valence-electron chi connectivity index (χ1n) is 21.7. The van der Waals surface area contributed by atoms with Crippen LogP contribution in [0.1, 0.15) is 49.8 Å². The van der Waals surface area contributed by atoms with Crippen molar-refractivity contribution in [2.45, 2.75) is 94.7 Å². The van der Waals surface area contributed by atoms with Crippen LogP contribution >= 0.6 is 11.8 Å². The average molecular weight is 944 g/mol. The van der Waals surface area contributed by atoms with E-state index in [9.17, 15) is 43.8 Å². The minimum Gasteiger partial charge on any atom is -0.508 e. The SMILES string of the molecule is CSCC[C@H](NC(=O)[C@H](Cc1ccccc1)NC(=O)[C@H](C)N)C(=O)N[C@@H](CCCN=C(N)N)C(=O)N[C@@H](Cc1c[nH]c2ccccc12)C(=O)N[C@@H](Cc1ccc(O)cc1)C(=O)N[C@@H](C)C(=O)O. The maximum atomic E-state index is 14.5. The van der Waals surface area contributed by atoms with Gasteiger partial charge in [-0.1, -0.05) is 60.7 Å². The number of benzene rings is 3. The summed E-state index contributed by atoms with van der Waals surface area (Å²) in [5.74, 6) is -5.50. The minimum atomic E-state index is -1.38. The second-order valence-electron chi connectivity index (χ2n) is 16.0. The Balaban J connectivity index is 1.66. The van der Waals surface area contributed by atoms with E-state index in [1.807, 2.05) is 30.5 Å². The number of phenolic OH excluding ortho intramolecular Hbond substituents is 1. The Morgan fingerprint density at radius 1 is 0.642 bits per heavy atom. The predicted octanol–water partition coefficient (Wildman–Crippen LogP) is 0.0686. The molecule has 0 fully saturated rings. The molecule has 6 amide bonds. The van der Waals surface area contributed by atoms with Crippen LogP contribution in [0.2, 0.25) is 0 Å². The molecule has 1 aromatic heterocycles. The maximum absolute atomic E-state index is 14.5. The van der Waals surface area contributed by atoms with Crippen LogP contribution < -0.4 is 49.1 Å². The highest BCUT2D eigenvalue weighted by Crippen LogP contribution is 2.20. The summed E-state index contributed by atoms with van der Waals surface area (Å²) in [4.78, 5) is 102. The molecule has 67 heavy (non-hydrogen) atoms. The number of fused-ring (bicyclic) bond motifs is 1. The second-order valence-corrected chi connectivity index (χ2v) is 17.0. The van der Waals surface area contributed by atoms with Crippen LogP contribution in [-0.2, 0) is 52.8 Å². The quantitative estimate of drug-likeness (QED) is 0.0226. The largest absolute Gasteiger partial charge is 0.508 e. The van der Waals surface area contributed by atoms with Crippen molar-refractivity contribution in [1.82, 2.24) is 36.9 Å². The summed E-state index contributed by atoms with van der Waals surface area (Å²) in [5, 5.41) is 36.2. The second kappa shape index (κ2) is 26.1. The van der Waals surface area contributed by atoms with Crippen molar-refractivity contribution in [2.24, 2.45) is 22.2 Å². The number of carboxylic acid groups (broad SMARTS) is 1. The molecule has 0 aliphatic rings. The van der Waals surface area contributed by atoms with E-state index >= 15 is 0 Å². The lowest BCUT2D eigenvalue weighted by Gasteiger charge is -2.27. The van der Waals surface area contributed by atoms with Gasteiger partial charge in [-0.05, 0) is 80.0 Å². The number of nitrogens with zero attached hydrogens (tertiary/aromatic N) is 1. The smallest absolute Gasteiger partial charge is 0.325 e. The molecule has 0 bridgehead atoms. The number of carboxylic acids is 1. The molecule has 4 rings (SSSR count). The van der Waals surface area contributed by atoms with E-state index in [1.165, 1.54) is 49.9 Å². The number of carbonyl (C=O) groups excluding carboxylic acids is 6. The van der Waals surface area contributed by atoms with E-state index in [1.54, 1.807) is 36.5 Å². The van der Waals surface area contributed by atoms with Crippen molar-refractivity contribution in [3.63, 3.8) is 0 Å². The lowest BCUT2D eigenvalue weighted by atomic mass is 10.0. The number of para-hydroxylation sites is 1. The molecule has 0 saturated heterocycles. The summed E-state index contributed by atoms with van der Waals surface area (Å²) >= 11 is 1.42. The fraction of sp³-hybridized carbons (Fsp3) is 0.391. The lowest BCUT2D eigenvalue weighted by molar-refractivity contribution is -0.141. The zero-order valence-electron chi connectivity index (χ0n) is 37.6. The van der Waals surface area contributed by atoms with Gasteiger partial charge in [0, 0.05) is 42.9 Å². The number of guanidine groups is 1. The van der Waals surface area contributed by atoms with Crippen LogP contribution in [-0.4, -0.2) is 123 Å². The van der Waals surface area contributed by atoms with Crippen LogP contribution in [0, 0.1) is 0 Å². The van der Waals surface area contributed by atoms with Gasteiger partial charge < -0.3 is 64.3 Å². The van der Waals surface area contributed by atoms with Gasteiger partial charge in [0.05, 0.1) is 6.04 Å². The fourth-order valence-corrected chi connectivity index (χ4v) is 7.38. The van der Waals surface area contributed by atoms with Gasteiger partial charge in [0.15, 0.2) is 5.96 Å². The van der Waals surface area contributed by atoms with E-state index in [4.69, 9.17) is 17.2 Å². The molecule has 0 radical (unpaired) electrons. The number of thioether (sulfide) groups is 1. The molecular weight excluding hydrogens is 883 g/mol. The molecule has 0 saturated carbocycles. The summed E-state index contributed by atoms with van der Waals surface area (Å²) in [5.41, 5.74) is 19.6. The van der Waals surface area contributed by atoms with E-state index < -0.39 is 83.7 Å². The van der Waals surface area contributed by atoms with Crippen LogP contribution in [0.5, 0.6) is 5.75 Å². The van der Waals surface area contributed by atoms with Crippen LogP contribution in [0.3, 0.4) is 0 Å². The van der Waals surface area contributed by atoms with Gasteiger partial charge >= 0.3 is 5.97 Å². The van der Waals surface area contributed by atoms with E-state index in [-0.39, 0.29) is 56.8 Å². The summed E-state index contributed by atoms with van der Waals surface area (Å²) in [6.45, 7) is 2.82. The number of aromatic hydroxyl groups is 1. The molecule has 15 N–H and O–H groups in total. The number of aromatic amines is 1. The average Bonchev–Trinajstić information content (AvgIpc) is 3.71. The number of H-pyrrole nitrogens is 1. The zero-order chi connectivity index (χ0) is 49.0. The zero-order valence-corrected chi connectivity index (χ0v) is 38.4. The molecule has 7 atom stereocenters. The van der Waals surface area contributed by atoms with E-state index in [2.05, 4.69) is 41.9 Å². The third-order valence-electron chi connectivity index (χ3n) is 10.6. The van der Waals surface area contributed by atoms with Crippen molar-refractivity contribution >= 4 is 70.0 Å². The first kappa shape index (κ1) is 52.5. The number of aromatic nitrogens is 1. The molecule has 0 aliphatic carbocycles. The van der Waals surface area contributed by atoms with Gasteiger partial charge in [0.1, 0.15) is 42.0 Å². The number of aliphatic imine (C=N–C) groups is 1. The van der Waals surface area contributed by atoms with Crippen LogP contribution in [0.4, 0.5) is 0 Å². The highest BCUT2D eigenvalue weighted by Gasteiger charge is 2.34. The van der Waals surface area contributed by atoms with Crippen molar-refractivity contribution in [3.05, 3.63) is 102 Å². The number of phenols is 1. The number of rotatable bonds is 26. The molecular formula is C46H61N11O9S. The highest BCUT2D eigenvalue weighted by molar-refractivity contribution is 7.98.